The van der Waals surface area contributed by atoms with Crippen molar-refractivity contribution >= 4 is 21.6 Å². The molecular weight excluding hydrogens is 565 g/mol. The zero-order valence-corrected chi connectivity index (χ0v) is 26.1. The average Bonchev–Trinajstić information content (AvgIpc) is 2.98. The van der Waals surface area contributed by atoms with E-state index in [-0.39, 0.29) is 47.6 Å². The summed E-state index contributed by atoms with van der Waals surface area (Å²) in [5, 5.41) is 0. The van der Waals surface area contributed by atoms with Crippen LogP contribution in [0.5, 0.6) is 0 Å². The lowest BCUT2D eigenvalue weighted by molar-refractivity contribution is -0.144. The highest BCUT2D eigenvalue weighted by molar-refractivity contribution is 7.91. The Hall–Kier alpha value is -3.36. The number of ether oxygens (including phenoxy) is 1. The largest absolute Gasteiger partial charge is 0.465 e. The molecule has 0 radical (unpaired) electrons. The van der Waals surface area contributed by atoms with Gasteiger partial charge in [0.15, 0.2) is 9.84 Å². The van der Waals surface area contributed by atoms with Gasteiger partial charge in [0.2, 0.25) is 0 Å². The molecule has 0 bridgehead atoms. The van der Waals surface area contributed by atoms with Crippen LogP contribution in [0, 0.1) is 17.7 Å². The van der Waals surface area contributed by atoms with Gasteiger partial charge in [-0.15, -0.1) is 0 Å². The SMILES string of the molecule is CCOC(=O)CN(C)Cc1cccc(-c2ccc(S(=O)(=O)CC3CCC(C(=O)C[C@H](C)c4ccc(F)cc4)CC3)cc2)c1. The van der Waals surface area contributed by atoms with E-state index in [1.165, 1.54) is 12.1 Å². The van der Waals surface area contributed by atoms with Crippen LogP contribution in [-0.4, -0.2) is 51.0 Å². The summed E-state index contributed by atoms with van der Waals surface area (Å²) in [7, 11) is -1.60. The third kappa shape index (κ3) is 9.31. The fourth-order valence-corrected chi connectivity index (χ4v) is 7.63. The predicted octanol–water partition coefficient (Wildman–Crippen LogP) is 6.83. The molecule has 4 rings (SSSR count). The van der Waals surface area contributed by atoms with Gasteiger partial charge >= 0.3 is 5.97 Å². The summed E-state index contributed by atoms with van der Waals surface area (Å²) in [5.41, 5.74) is 3.89. The number of Topliss-reactive ketones (excluding diaryl/α,β-unsaturated/α-hetero) is 1. The van der Waals surface area contributed by atoms with E-state index in [0.29, 0.717) is 37.3 Å². The Balaban J connectivity index is 1.29. The van der Waals surface area contributed by atoms with Gasteiger partial charge in [0.05, 0.1) is 23.8 Å². The Morgan fingerprint density at radius 3 is 2.28 bits per heavy atom. The zero-order valence-electron chi connectivity index (χ0n) is 25.3. The molecular formula is C35H42FNO5S. The molecule has 1 aliphatic rings. The molecule has 0 unspecified atom stereocenters. The smallest absolute Gasteiger partial charge is 0.320 e. The molecule has 0 saturated heterocycles. The minimum absolute atomic E-state index is 0.0225. The van der Waals surface area contributed by atoms with E-state index < -0.39 is 9.84 Å². The number of nitrogens with zero attached hydrogens (tertiary/aromatic N) is 1. The van der Waals surface area contributed by atoms with Gasteiger partial charge in [-0.05, 0) is 104 Å². The summed E-state index contributed by atoms with van der Waals surface area (Å²) in [4.78, 5) is 26.9. The first-order chi connectivity index (χ1) is 20.5. The van der Waals surface area contributed by atoms with Gasteiger partial charge in [-0.1, -0.05) is 49.4 Å². The summed E-state index contributed by atoms with van der Waals surface area (Å²) >= 11 is 0. The molecule has 0 aliphatic heterocycles. The van der Waals surface area contributed by atoms with Gasteiger partial charge in [-0.2, -0.15) is 0 Å². The Kier molecular flexibility index (Phi) is 11.3. The molecule has 0 N–H and O–H groups in total. The molecule has 230 valence electrons. The molecule has 0 amide bonds. The second-order valence-electron chi connectivity index (χ2n) is 11.8. The molecule has 3 aromatic carbocycles. The van der Waals surface area contributed by atoms with Crippen LogP contribution in [0.25, 0.3) is 11.1 Å². The van der Waals surface area contributed by atoms with E-state index in [4.69, 9.17) is 4.74 Å². The van der Waals surface area contributed by atoms with Crippen molar-refractivity contribution in [3.05, 3.63) is 89.7 Å². The molecule has 3 aromatic rings. The lowest BCUT2D eigenvalue weighted by Crippen LogP contribution is -2.27. The number of esters is 1. The fraction of sp³-hybridized carbons (Fsp3) is 0.429. The lowest BCUT2D eigenvalue weighted by Gasteiger charge is -2.28. The highest BCUT2D eigenvalue weighted by atomic mass is 32.2. The predicted molar refractivity (Wildman–Crippen MR) is 167 cm³/mol. The van der Waals surface area contributed by atoms with Crippen LogP contribution < -0.4 is 0 Å². The van der Waals surface area contributed by atoms with E-state index in [9.17, 15) is 22.4 Å². The molecule has 1 aliphatic carbocycles. The number of hydrogen-bond acceptors (Lipinski definition) is 6. The van der Waals surface area contributed by atoms with E-state index in [1.807, 2.05) is 55.3 Å². The second kappa shape index (κ2) is 14.9. The molecule has 1 saturated carbocycles. The highest BCUT2D eigenvalue weighted by Crippen LogP contribution is 2.34. The molecule has 0 heterocycles. The number of likely N-dealkylation sites (N-methyl/N-ethyl adjacent to an activating group) is 1. The topological polar surface area (TPSA) is 80.8 Å². The maximum absolute atomic E-state index is 13.3. The van der Waals surface area contributed by atoms with Crippen molar-refractivity contribution in [3.8, 4) is 11.1 Å². The molecule has 1 atom stereocenters. The van der Waals surface area contributed by atoms with E-state index in [1.54, 1.807) is 31.2 Å². The minimum Gasteiger partial charge on any atom is -0.465 e. The van der Waals surface area contributed by atoms with Crippen LogP contribution >= 0.6 is 0 Å². The number of carbonyl (C=O) groups is 2. The monoisotopic (exact) mass is 607 g/mol. The number of carbonyl (C=O) groups excluding carboxylic acids is 2. The summed E-state index contributed by atoms with van der Waals surface area (Å²) in [6.07, 6.45) is 3.27. The normalized spacial score (nSPS) is 17.9. The summed E-state index contributed by atoms with van der Waals surface area (Å²) < 4.78 is 44.8. The summed E-state index contributed by atoms with van der Waals surface area (Å²) in [6.45, 7) is 4.92. The van der Waals surface area contributed by atoms with Crippen molar-refractivity contribution < 1.29 is 27.1 Å². The third-order valence-electron chi connectivity index (χ3n) is 8.33. The number of halogens is 1. The Bertz CT molecular complexity index is 1480. The van der Waals surface area contributed by atoms with Crippen LogP contribution in [0.1, 0.15) is 63.0 Å². The van der Waals surface area contributed by atoms with Gasteiger partial charge in [-0.25, -0.2) is 12.8 Å². The Morgan fingerprint density at radius 1 is 0.953 bits per heavy atom. The molecule has 6 nitrogen and oxygen atoms in total. The van der Waals surface area contributed by atoms with Gasteiger partial charge in [0, 0.05) is 18.9 Å². The Labute approximate surface area is 255 Å². The van der Waals surface area contributed by atoms with E-state index >= 15 is 0 Å². The lowest BCUT2D eigenvalue weighted by atomic mass is 9.78. The molecule has 8 heteroatoms. The first kappa shape index (κ1) is 32.6. The van der Waals surface area contributed by atoms with Crippen molar-refractivity contribution in [1.29, 1.82) is 0 Å². The third-order valence-corrected chi connectivity index (χ3v) is 10.2. The van der Waals surface area contributed by atoms with Crippen LogP contribution in [0.2, 0.25) is 0 Å². The van der Waals surface area contributed by atoms with Gasteiger partial charge in [0.25, 0.3) is 0 Å². The molecule has 0 spiro atoms. The molecule has 0 aromatic heterocycles. The number of sulfone groups is 1. The maximum atomic E-state index is 13.3. The average molecular weight is 608 g/mol. The number of ketones is 1. The summed E-state index contributed by atoms with van der Waals surface area (Å²) in [5.74, 6) is -0.231. The highest BCUT2D eigenvalue weighted by Gasteiger charge is 2.30. The van der Waals surface area contributed by atoms with Crippen LogP contribution in [0.15, 0.2) is 77.7 Å². The van der Waals surface area contributed by atoms with E-state index in [2.05, 4.69) is 0 Å². The maximum Gasteiger partial charge on any atom is 0.320 e. The Morgan fingerprint density at radius 2 is 1.63 bits per heavy atom. The minimum atomic E-state index is -3.46. The standard InChI is InChI=1S/C35H42FNO5S/c1-4-42-35(39)23-37(3)22-27-6-5-7-31(21-27)29-14-18-33(19-15-29)43(40,41)24-26-8-10-30(11-9-26)34(38)20-25(2)28-12-16-32(36)17-13-28/h5-7,12-19,21,25-26,30H,4,8-11,20,22-24H2,1-3H3/t25-,26?,30?/m0/s1. The number of hydrogen-bond donors (Lipinski definition) is 0. The van der Waals surface area contributed by atoms with Crippen molar-refractivity contribution in [3.63, 3.8) is 0 Å². The van der Waals surface area contributed by atoms with Crippen LogP contribution in [-0.2, 0) is 30.7 Å². The number of benzene rings is 3. The van der Waals surface area contributed by atoms with Crippen LogP contribution in [0.3, 0.4) is 0 Å². The van der Waals surface area contributed by atoms with Crippen molar-refractivity contribution in [2.75, 3.05) is 26.0 Å². The molecule has 43 heavy (non-hydrogen) atoms. The van der Waals surface area contributed by atoms with Gasteiger partial charge in [0.1, 0.15) is 11.6 Å². The summed E-state index contributed by atoms with van der Waals surface area (Å²) in [6, 6.07) is 21.3. The number of rotatable bonds is 13. The quantitative estimate of drug-likeness (QED) is 0.198. The van der Waals surface area contributed by atoms with Gasteiger partial charge < -0.3 is 4.74 Å². The van der Waals surface area contributed by atoms with E-state index in [0.717, 1.165) is 35.1 Å². The van der Waals surface area contributed by atoms with Gasteiger partial charge in [-0.3, -0.25) is 14.5 Å². The first-order valence-corrected chi connectivity index (χ1v) is 16.7. The fourth-order valence-electron chi connectivity index (χ4n) is 5.93. The van der Waals surface area contributed by atoms with Crippen molar-refractivity contribution in [1.82, 2.24) is 4.90 Å². The van der Waals surface area contributed by atoms with Crippen LogP contribution in [0.4, 0.5) is 4.39 Å². The second-order valence-corrected chi connectivity index (χ2v) is 13.9. The first-order valence-electron chi connectivity index (χ1n) is 15.1. The zero-order chi connectivity index (χ0) is 31.0. The van der Waals surface area contributed by atoms with Crippen molar-refractivity contribution in [2.24, 2.45) is 11.8 Å². The van der Waals surface area contributed by atoms with Crippen molar-refractivity contribution in [2.45, 2.75) is 63.3 Å². The molecule has 1 fully saturated rings.